The summed E-state index contributed by atoms with van der Waals surface area (Å²) in [5.41, 5.74) is 4.99. The van der Waals surface area contributed by atoms with Gasteiger partial charge in [-0.2, -0.15) is 0 Å². The van der Waals surface area contributed by atoms with E-state index < -0.39 is 29.6 Å². The van der Waals surface area contributed by atoms with Gasteiger partial charge in [-0.1, -0.05) is 0 Å². The van der Waals surface area contributed by atoms with Gasteiger partial charge in [-0.3, -0.25) is 4.79 Å². The van der Waals surface area contributed by atoms with Crippen LogP contribution in [0.5, 0.6) is 5.75 Å². The van der Waals surface area contributed by atoms with Gasteiger partial charge in [0.05, 0.1) is 24.0 Å². The SMILES string of the molecule is Cc1c(CC(=O)N[C@@H](CCCCNC(N)=O)C(=O)[O-])c(=O)oc2cc(O)ccc12. The molecule has 0 aliphatic rings. The van der Waals surface area contributed by atoms with E-state index in [1.54, 1.807) is 13.0 Å². The molecule has 0 saturated carbocycles. The Kier molecular flexibility index (Phi) is 7.18. The number of aliphatic carboxylic acids is 1. The number of hydrogen-bond donors (Lipinski definition) is 4. The fourth-order valence-electron chi connectivity index (χ4n) is 2.93. The molecule has 0 spiro atoms. The third-order valence-electron chi connectivity index (χ3n) is 4.45. The molecule has 156 valence electrons. The van der Waals surface area contributed by atoms with Crippen molar-refractivity contribution in [3.63, 3.8) is 0 Å². The summed E-state index contributed by atoms with van der Waals surface area (Å²) in [6.45, 7) is 1.93. The number of nitrogens with two attached hydrogens (primary N) is 1. The Morgan fingerprint density at radius 2 is 2.00 bits per heavy atom. The maximum atomic E-state index is 12.3. The zero-order valence-electron chi connectivity index (χ0n) is 15.8. The second kappa shape index (κ2) is 9.58. The van der Waals surface area contributed by atoms with Crippen molar-refractivity contribution in [2.45, 2.75) is 38.6 Å². The van der Waals surface area contributed by atoms with Gasteiger partial charge in [0, 0.05) is 18.0 Å². The predicted octanol–water partition coefficient (Wildman–Crippen LogP) is -0.577. The van der Waals surface area contributed by atoms with E-state index in [1.165, 1.54) is 12.1 Å². The van der Waals surface area contributed by atoms with Gasteiger partial charge in [0.15, 0.2) is 0 Å². The summed E-state index contributed by atoms with van der Waals surface area (Å²) in [6, 6.07) is 2.38. The van der Waals surface area contributed by atoms with Crippen LogP contribution in [0.2, 0.25) is 0 Å². The van der Waals surface area contributed by atoms with Gasteiger partial charge in [-0.05, 0) is 43.9 Å². The van der Waals surface area contributed by atoms with Crippen LogP contribution < -0.4 is 27.1 Å². The molecule has 0 unspecified atom stereocenters. The lowest BCUT2D eigenvalue weighted by atomic mass is 10.0. The van der Waals surface area contributed by atoms with Crippen LogP contribution in [0.15, 0.2) is 27.4 Å². The van der Waals surface area contributed by atoms with Crippen molar-refractivity contribution in [3.8, 4) is 5.75 Å². The van der Waals surface area contributed by atoms with Crippen molar-refractivity contribution in [2.75, 3.05) is 6.54 Å². The van der Waals surface area contributed by atoms with Crippen LogP contribution in [-0.2, 0) is 16.0 Å². The first-order valence-corrected chi connectivity index (χ1v) is 8.98. The smallest absolute Gasteiger partial charge is 0.340 e. The molecule has 0 saturated heterocycles. The lowest BCUT2D eigenvalue weighted by molar-refractivity contribution is -0.308. The number of urea groups is 1. The second-order valence-corrected chi connectivity index (χ2v) is 6.58. The third-order valence-corrected chi connectivity index (χ3v) is 4.45. The third kappa shape index (κ3) is 5.96. The highest BCUT2D eigenvalue weighted by molar-refractivity contribution is 5.87. The van der Waals surface area contributed by atoms with Gasteiger partial charge in [0.2, 0.25) is 5.91 Å². The normalized spacial score (nSPS) is 11.8. The average molecular weight is 404 g/mol. The van der Waals surface area contributed by atoms with Crippen LogP contribution in [0, 0.1) is 6.92 Å². The molecule has 2 rings (SSSR count). The topological polar surface area (TPSA) is 175 Å². The molecule has 10 heteroatoms. The number of carboxylic acid groups (broad SMARTS) is 1. The maximum Gasteiger partial charge on any atom is 0.340 e. The van der Waals surface area contributed by atoms with Crippen molar-refractivity contribution in [1.29, 1.82) is 0 Å². The summed E-state index contributed by atoms with van der Waals surface area (Å²) in [7, 11) is 0. The maximum absolute atomic E-state index is 12.3. The largest absolute Gasteiger partial charge is 0.548 e. The van der Waals surface area contributed by atoms with Crippen molar-refractivity contribution >= 4 is 28.9 Å². The number of aromatic hydroxyl groups is 1. The minimum Gasteiger partial charge on any atom is -0.548 e. The summed E-state index contributed by atoms with van der Waals surface area (Å²) < 4.78 is 5.15. The zero-order valence-corrected chi connectivity index (χ0v) is 15.8. The fourth-order valence-corrected chi connectivity index (χ4v) is 2.93. The Bertz CT molecular complexity index is 984. The molecular weight excluding hydrogens is 382 g/mol. The molecule has 3 amide bonds. The molecular formula is C19H22N3O7-. The number of benzene rings is 1. The number of carbonyl (C=O) groups excluding carboxylic acids is 3. The highest BCUT2D eigenvalue weighted by atomic mass is 16.4. The molecule has 5 N–H and O–H groups in total. The molecule has 29 heavy (non-hydrogen) atoms. The fraction of sp³-hybridized carbons (Fsp3) is 0.368. The van der Waals surface area contributed by atoms with Crippen LogP contribution in [0.1, 0.15) is 30.4 Å². The van der Waals surface area contributed by atoms with E-state index >= 15 is 0 Å². The van der Waals surface area contributed by atoms with Gasteiger partial charge in [0.25, 0.3) is 0 Å². The van der Waals surface area contributed by atoms with Gasteiger partial charge in [-0.25, -0.2) is 9.59 Å². The predicted molar refractivity (Wildman–Crippen MR) is 101 cm³/mol. The summed E-state index contributed by atoms with van der Waals surface area (Å²) >= 11 is 0. The van der Waals surface area contributed by atoms with E-state index in [0.29, 0.717) is 23.8 Å². The van der Waals surface area contributed by atoms with E-state index in [1.807, 2.05) is 0 Å². The number of aryl methyl sites for hydroxylation is 1. The molecule has 0 bridgehead atoms. The number of phenolic OH excluding ortho intramolecular Hbond substituents is 1. The van der Waals surface area contributed by atoms with Crippen molar-refractivity contribution in [1.82, 2.24) is 10.6 Å². The molecule has 0 aliphatic carbocycles. The lowest BCUT2D eigenvalue weighted by Crippen LogP contribution is -2.48. The number of primary amides is 1. The summed E-state index contributed by atoms with van der Waals surface area (Å²) in [5, 5.41) is 26.1. The van der Waals surface area contributed by atoms with Crippen LogP contribution in [0.4, 0.5) is 4.79 Å². The first kappa shape index (κ1) is 21.7. The first-order chi connectivity index (χ1) is 13.7. The Hall–Kier alpha value is -3.56. The summed E-state index contributed by atoms with van der Waals surface area (Å²) in [6.07, 6.45) is 0.611. The molecule has 2 aromatic rings. The van der Waals surface area contributed by atoms with Gasteiger partial charge in [0.1, 0.15) is 11.3 Å². The van der Waals surface area contributed by atoms with E-state index in [9.17, 15) is 29.4 Å². The van der Waals surface area contributed by atoms with E-state index in [4.69, 9.17) is 10.2 Å². The number of fused-ring (bicyclic) bond motifs is 1. The van der Waals surface area contributed by atoms with Gasteiger partial charge < -0.3 is 35.8 Å². The van der Waals surface area contributed by atoms with Gasteiger partial charge in [-0.15, -0.1) is 0 Å². The molecule has 10 nitrogen and oxygen atoms in total. The minimum absolute atomic E-state index is 0.0617. The Morgan fingerprint density at radius 3 is 2.66 bits per heavy atom. The Morgan fingerprint density at radius 1 is 1.28 bits per heavy atom. The van der Waals surface area contributed by atoms with Gasteiger partial charge >= 0.3 is 11.7 Å². The molecule has 1 heterocycles. The number of carboxylic acids is 1. The standard InChI is InChI=1S/C19H23N3O7/c1-10-12-6-5-11(23)8-15(12)29-18(27)13(10)9-16(24)22-14(17(25)26)4-2-3-7-21-19(20)28/h5-6,8,14,23H,2-4,7,9H2,1H3,(H,22,24)(H,25,26)(H3,20,21,28)/p-1/t14-/m0/s1. The molecule has 0 aliphatic heterocycles. The second-order valence-electron chi connectivity index (χ2n) is 6.58. The number of hydrogen-bond acceptors (Lipinski definition) is 7. The Balaban J connectivity index is 2.04. The van der Waals surface area contributed by atoms with Crippen LogP contribution >= 0.6 is 0 Å². The van der Waals surface area contributed by atoms with Crippen molar-refractivity contribution < 1.29 is 29.0 Å². The van der Waals surface area contributed by atoms with Crippen LogP contribution in [0.3, 0.4) is 0 Å². The average Bonchev–Trinajstić information content (AvgIpc) is 2.63. The number of nitrogens with one attached hydrogen (secondary N) is 2. The molecule has 1 aromatic heterocycles. The highest BCUT2D eigenvalue weighted by Crippen LogP contribution is 2.23. The van der Waals surface area contributed by atoms with Crippen molar-refractivity contribution in [3.05, 3.63) is 39.7 Å². The quantitative estimate of drug-likeness (QED) is 0.319. The first-order valence-electron chi connectivity index (χ1n) is 8.98. The number of amides is 3. The van der Waals surface area contributed by atoms with Crippen LogP contribution in [0.25, 0.3) is 11.0 Å². The van der Waals surface area contributed by atoms with E-state index in [-0.39, 0.29) is 36.3 Å². The number of unbranched alkanes of at least 4 members (excludes halogenated alkanes) is 1. The highest BCUT2D eigenvalue weighted by Gasteiger charge is 2.18. The minimum atomic E-state index is -1.45. The van der Waals surface area contributed by atoms with Crippen LogP contribution in [-0.4, -0.2) is 35.6 Å². The Labute approximate surface area is 165 Å². The number of phenols is 1. The molecule has 1 aromatic carbocycles. The lowest BCUT2D eigenvalue weighted by Gasteiger charge is -2.20. The summed E-state index contributed by atoms with van der Waals surface area (Å²) in [5.74, 6) is -2.17. The van der Waals surface area contributed by atoms with Crippen molar-refractivity contribution in [2.24, 2.45) is 5.73 Å². The molecule has 0 radical (unpaired) electrons. The monoisotopic (exact) mass is 404 g/mol. The number of carbonyl (C=O) groups is 3. The van der Waals surface area contributed by atoms with E-state index in [2.05, 4.69) is 10.6 Å². The summed E-state index contributed by atoms with van der Waals surface area (Å²) in [4.78, 5) is 46.4. The van der Waals surface area contributed by atoms with E-state index in [0.717, 1.165) is 0 Å². The number of rotatable bonds is 9. The molecule has 0 fully saturated rings. The zero-order chi connectivity index (χ0) is 21.6. The molecule has 1 atom stereocenters.